The maximum absolute atomic E-state index is 13.2. The first-order valence-corrected chi connectivity index (χ1v) is 14.9. The van der Waals surface area contributed by atoms with Crippen LogP contribution < -0.4 is 0 Å². The molecule has 1 aliphatic carbocycles. The minimum Gasteiger partial charge on any atom is -0.447 e. The van der Waals surface area contributed by atoms with E-state index in [4.69, 9.17) is 30.5 Å². The second kappa shape index (κ2) is 11.7. The van der Waals surface area contributed by atoms with E-state index >= 15 is 0 Å². The van der Waals surface area contributed by atoms with Crippen molar-refractivity contribution in [3.05, 3.63) is 97.6 Å². The first-order chi connectivity index (χ1) is 20.8. The van der Waals surface area contributed by atoms with Crippen molar-refractivity contribution in [2.75, 3.05) is 20.0 Å². The lowest BCUT2D eigenvalue weighted by atomic mass is 9.65. The number of carbonyl (C=O) groups is 2. The minimum absolute atomic E-state index is 0.0269. The van der Waals surface area contributed by atoms with E-state index in [-0.39, 0.29) is 47.7 Å². The van der Waals surface area contributed by atoms with Crippen LogP contribution in [0.3, 0.4) is 0 Å². The number of esters is 1. The highest BCUT2D eigenvalue weighted by Crippen LogP contribution is 2.64. The molecule has 2 aromatic rings. The van der Waals surface area contributed by atoms with Gasteiger partial charge in [0.1, 0.15) is 11.0 Å². The number of hydrogen-bond acceptors (Lipinski definition) is 11. The highest BCUT2D eigenvalue weighted by molar-refractivity contribution is 7.99. The highest BCUT2D eigenvalue weighted by Gasteiger charge is 2.71. The lowest BCUT2D eigenvalue weighted by Crippen LogP contribution is -2.54. The molecule has 0 N–H and O–H groups in total. The number of hydrogen-bond donors (Lipinski definition) is 0. The van der Waals surface area contributed by atoms with Crippen molar-refractivity contribution in [3.8, 4) is 0 Å². The molecule has 0 spiro atoms. The van der Waals surface area contributed by atoms with Gasteiger partial charge < -0.3 is 18.9 Å². The number of nitrogens with zero attached hydrogens (tertiary/aromatic N) is 2. The van der Waals surface area contributed by atoms with Gasteiger partial charge in [-0.15, -0.1) is 23.4 Å². The number of alkyl halides is 1. The van der Waals surface area contributed by atoms with E-state index < -0.39 is 44.3 Å². The summed E-state index contributed by atoms with van der Waals surface area (Å²) in [6.45, 7) is 5.66. The van der Waals surface area contributed by atoms with Crippen LogP contribution in [0.4, 0.5) is 11.4 Å². The van der Waals surface area contributed by atoms with Crippen LogP contribution in [-0.2, 0) is 23.7 Å². The molecule has 5 rings (SSSR count). The van der Waals surface area contributed by atoms with Gasteiger partial charge in [-0.05, 0) is 54.7 Å². The van der Waals surface area contributed by atoms with Crippen LogP contribution in [0.15, 0.2) is 76.7 Å². The molecule has 4 atom stereocenters. The number of thioether (sulfide) groups is 1. The Labute approximate surface area is 261 Å². The summed E-state index contributed by atoms with van der Waals surface area (Å²) in [5.74, 6) is -1.07. The molecular weight excluding hydrogens is 616 g/mol. The van der Waals surface area contributed by atoms with E-state index in [0.717, 1.165) is 5.57 Å². The van der Waals surface area contributed by atoms with Crippen molar-refractivity contribution < 1.29 is 38.4 Å². The Balaban J connectivity index is 1.50. The number of fused-ring (bicyclic) bond motifs is 4. The number of Topliss-reactive ketones (excluding diaryl/α,β-unsaturated/α-hetero) is 1. The monoisotopic (exact) mass is 644 g/mol. The zero-order chi connectivity index (χ0) is 32.0. The van der Waals surface area contributed by atoms with Gasteiger partial charge in [0.25, 0.3) is 11.4 Å². The van der Waals surface area contributed by atoms with Crippen molar-refractivity contribution >= 4 is 46.5 Å². The Morgan fingerprint density at radius 1 is 1.11 bits per heavy atom. The van der Waals surface area contributed by atoms with Crippen LogP contribution in [0.5, 0.6) is 0 Å². The van der Waals surface area contributed by atoms with Crippen LogP contribution in [0.1, 0.15) is 36.5 Å². The Morgan fingerprint density at radius 2 is 1.77 bits per heavy atom. The van der Waals surface area contributed by atoms with Crippen LogP contribution in [0.2, 0.25) is 0 Å². The van der Waals surface area contributed by atoms with E-state index in [2.05, 4.69) is 6.58 Å². The molecule has 3 aliphatic rings. The van der Waals surface area contributed by atoms with Gasteiger partial charge in [-0.3, -0.25) is 25.0 Å². The molecule has 0 radical (unpaired) electrons. The zero-order valence-corrected chi connectivity index (χ0v) is 25.6. The third-order valence-corrected chi connectivity index (χ3v) is 10.6. The molecule has 14 heteroatoms. The van der Waals surface area contributed by atoms with Crippen molar-refractivity contribution in [3.63, 3.8) is 0 Å². The quantitative estimate of drug-likeness (QED) is 0.0573. The van der Waals surface area contributed by atoms with Gasteiger partial charge in [-0.1, -0.05) is 18.7 Å². The fourth-order valence-corrected chi connectivity index (χ4v) is 7.98. The molecule has 2 bridgehead atoms. The molecule has 2 aromatic carbocycles. The third-order valence-electron chi connectivity index (χ3n) is 8.58. The summed E-state index contributed by atoms with van der Waals surface area (Å²) < 4.78 is 23.9. The number of ether oxygens (including phenoxy) is 4. The van der Waals surface area contributed by atoms with E-state index in [9.17, 15) is 29.8 Å². The number of nitro groups is 2. The molecule has 0 saturated carbocycles. The fourth-order valence-electron chi connectivity index (χ4n) is 6.34. The summed E-state index contributed by atoms with van der Waals surface area (Å²) >= 11 is 8.55. The molecule has 0 aromatic heterocycles. The molecule has 44 heavy (non-hydrogen) atoms. The number of ketones is 1. The zero-order valence-electron chi connectivity index (χ0n) is 24.1. The Bertz CT molecular complexity index is 1590. The Morgan fingerprint density at radius 3 is 2.36 bits per heavy atom. The van der Waals surface area contributed by atoms with Gasteiger partial charge in [0, 0.05) is 44.6 Å². The molecule has 12 nitrogen and oxygen atoms in total. The van der Waals surface area contributed by atoms with Crippen LogP contribution in [0.25, 0.3) is 0 Å². The molecule has 0 unspecified atom stereocenters. The van der Waals surface area contributed by atoms with E-state index in [0.29, 0.717) is 16.0 Å². The summed E-state index contributed by atoms with van der Waals surface area (Å²) in [5, 5.41) is 22.7. The lowest BCUT2D eigenvalue weighted by Gasteiger charge is -2.45. The Hall–Kier alpha value is -3.62. The number of carbonyl (C=O) groups excluding carboxylic acids is 2. The summed E-state index contributed by atoms with van der Waals surface area (Å²) in [7, 11) is 2.91. The average molecular weight is 645 g/mol. The molecule has 2 heterocycles. The predicted molar refractivity (Wildman–Crippen MR) is 160 cm³/mol. The summed E-state index contributed by atoms with van der Waals surface area (Å²) in [5.41, 5.74) is -1.19. The van der Waals surface area contributed by atoms with Gasteiger partial charge >= 0.3 is 5.97 Å². The first kappa shape index (κ1) is 31.8. The number of para-hydroxylation sites is 1. The molecule has 232 valence electrons. The molecule has 1 saturated heterocycles. The average Bonchev–Trinajstić information content (AvgIpc) is 3.46. The molecular formula is C30H29ClN2O10S. The standard InChI is InChI=1S/C30H29ClN2O10S/c1-17-29(31,16-44-24-8-6-5-7-23(24)33(38)39)25-21-15-28(18(2)34,14-13-22(21)30(17,42-25)27(40-3)41-4)43-26(35)19-9-11-20(12-10-19)32(36)37/h5-12,25,27H,1,13-16H2,2-4H3/t25-,28+,29-,30-/m0/s1. The lowest BCUT2D eigenvalue weighted by molar-refractivity contribution is -0.387. The van der Waals surface area contributed by atoms with Gasteiger partial charge in [0.2, 0.25) is 0 Å². The van der Waals surface area contributed by atoms with Crippen molar-refractivity contribution in [2.45, 2.75) is 59.6 Å². The number of halogens is 1. The van der Waals surface area contributed by atoms with Crippen molar-refractivity contribution in [1.82, 2.24) is 0 Å². The van der Waals surface area contributed by atoms with Crippen LogP contribution >= 0.6 is 23.4 Å². The minimum atomic E-state index is -1.56. The van der Waals surface area contributed by atoms with Crippen LogP contribution in [-0.4, -0.2) is 70.0 Å². The van der Waals surface area contributed by atoms with Gasteiger partial charge in [-0.25, -0.2) is 4.79 Å². The predicted octanol–water partition coefficient (Wildman–Crippen LogP) is 5.56. The first-order valence-electron chi connectivity index (χ1n) is 13.5. The maximum atomic E-state index is 13.2. The fraction of sp³-hybridized carbons (Fsp3) is 0.400. The highest BCUT2D eigenvalue weighted by atomic mass is 35.5. The largest absolute Gasteiger partial charge is 0.447 e. The van der Waals surface area contributed by atoms with Gasteiger partial charge in [0.15, 0.2) is 23.3 Å². The summed E-state index contributed by atoms with van der Waals surface area (Å²) in [6, 6.07) is 11.2. The molecule has 1 fully saturated rings. The number of benzene rings is 2. The van der Waals surface area contributed by atoms with Crippen molar-refractivity contribution in [1.29, 1.82) is 0 Å². The van der Waals surface area contributed by atoms with Crippen molar-refractivity contribution in [2.24, 2.45) is 0 Å². The van der Waals surface area contributed by atoms with Gasteiger partial charge in [-0.2, -0.15) is 0 Å². The van der Waals surface area contributed by atoms with E-state index in [1.54, 1.807) is 18.2 Å². The Kier molecular flexibility index (Phi) is 8.46. The van der Waals surface area contributed by atoms with E-state index in [1.807, 2.05) is 0 Å². The van der Waals surface area contributed by atoms with E-state index in [1.165, 1.54) is 63.2 Å². The second-order valence-corrected chi connectivity index (χ2v) is 12.5. The van der Waals surface area contributed by atoms with Gasteiger partial charge in [0.05, 0.1) is 20.3 Å². The number of nitro benzene ring substituents is 2. The molecule has 2 aliphatic heterocycles. The topological polar surface area (TPSA) is 157 Å². The summed E-state index contributed by atoms with van der Waals surface area (Å²) in [6.07, 6.45) is -1.42. The number of non-ortho nitro benzene ring substituents is 1. The number of rotatable bonds is 11. The number of methoxy groups -OCH3 is 2. The summed E-state index contributed by atoms with van der Waals surface area (Å²) in [4.78, 5) is 47.1. The van der Waals surface area contributed by atoms with Crippen LogP contribution in [0, 0.1) is 20.2 Å². The third kappa shape index (κ3) is 4.92. The smallest absolute Gasteiger partial charge is 0.339 e. The SMILES string of the molecule is C=C1[C@]2(C(OC)OC)O[C@@H](C3=C2CC[C@](OC(=O)c2ccc([N+](=O)[O-])cc2)(C(C)=O)C3)[C@]1(Cl)CSc1ccccc1[N+](=O)[O-]. The maximum Gasteiger partial charge on any atom is 0.339 e. The normalized spacial score (nSPS) is 27.4. The second-order valence-electron chi connectivity index (χ2n) is 10.8. The molecule has 0 amide bonds.